The topological polar surface area (TPSA) is 104 Å². The van der Waals surface area contributed by atoms with Crippen LogP contribution in [0.1, 0.15) is 34.1 Å². The summed E-state index contributed by atoms with van der Waals surface area (Å²) in [5.74, 6) is -1.01. The highest BCUT2D eigenvalue weighted by Crippen LogP contribution is 2.35. The summed E-state index contributed by atoms with van der Waals surface area (Å²) in [7, 11) is 0. The lowest BCUT2D eigenvalue weighted by atomic mass is 9.71. The Kier molecular flexibility index (Phi) is 5.92. The van der Waals surface area contributed by atoms with Crippen LogP contribution >= 0.6 is 0 Å². The van der Waals surface area contributed by atoms with Crippen LogP contribution in [0.4, 0.5) is 0 Å². The van der Waals surface area contributed by atoms with Gasteiger partial charge in [-0.2, -0.15) is 0 Å². The third-order valence-corrected chi connectivity index (χ3v) is 3.40. The van der Waals surface area contributed by atoms with Gasteiger partial charge in [-0.3, -0.25) is 9.59 Å². The zero-order valence-corrected chi connectivity index (χ0v) is 11.6. The maximum Gasteiger partial charge on any atom is 0.240 e. The number of carbonyl (C=O) groups excluding carboxylic acids is 2. The molecule has 0 aliphatic heterocycles. The van der Waals surface area contributed by atoms with Crippen molar-refractivity contribution in [3.63, 3.8) is 0 Å². The molecule has 0 radical (unpaired) electrons. The lowest BCUT2D eigenvalue weighted by Crippen LogP contribution is -2.64. The molecule has 0 aliphatic carbocycles. The van der Waals surface area contributed by atoms with Crippen molar-refractivity contribution >= 4 is 11.7 Å². The third-order valence-electron chi connectivity index (χ3n) is 3.40. The molecule has 0 heterocycles. The molecule has 2 atom stereocenters. The molecule has 18 heavy (non-hydrogen) atoms. The average Bonchev–Trinajstić information content (AvgIpc) is 2.24. The molecule has 0 bridgehead atoms. The Balaban J connectivity index is 5.59. The van der Waals surface area contributed by atoms with Crippen molar-refractivity contribution in [2.75, 3.05) is 19.7 Å². The SMILES string of the molecule is CCN(CCO)C(=O)C(CC)(C(C)=O)C(C)(N)O. The zero-order valence-electron chi connectivity index (χ0n) is 11.6. The summed E-state index contributed by atoms with van der Waals surface area (Å²) < 4.78 is 0. The molecule has 0 saturated carbocycles. The van der Waals surface area contributed by atoms with Gasteiger partial charge in [0.15, 0.2) is 0 Å². The van der Waals surface area contributed by atoms with Crippen molar-refractivity contribution in [3.05, 3.63) is 0 Å². The molecule has 6 nitrogen and oxygen atoms in total. The van der Waals surface area contributed by atoms with Gasteiger partial charge in [-0.1, -0.05) is 6.92 Å². The minimum absolute atomic E-state index is 0.104. The maximum atomic E-state index is 12.5. The summed E-state index contributed by atoms with van der Waals surface area (Å²) in [6.45, 7) is 6.11. The van der Waals surface area contributed by atoms with Gasteiger partial charge in [-0.15, -0.1) is 0 Å². The Morgan fingerprint density at radius 1 is 1.33 bits per heavy atom. The molecule has 1 amide bonds. The molecule has 4 N–H and O–H groups in total. The van der Waals surface area contributed by atoms with Crippen molar-refractivity contribution in [3.8, 4) is 0 Å². The van der Waals surface area contributed by atoms with Crippen molar-refractivity contribution in [1.82, 2.24) is 4.90 Å². The summed E-state index contributed by atoms with van der Waals surface area (Å²) in [6.07, 6.45) is 0.104. The lowest BCUT2D eigenvalue weighted by Gasteiger charge is -2.41. The minimum Gasteiger partial charge on any atom is -0.395 e. The second-order valence-corrected chi connectivity index (χ2v) is 4.57. The molecule has 0 fully saturated rings. The molecule has 0 aromatic heterocycles. The normalized spacial score (nSPS) is 17.7. The number of Topliss-reactive ketones (excluding diaryl/α,β-unsaturated/α-hetero) is 1. The predicted molar refractivity (Wildman–Crippen MR) is 67.6 cm³/mol. The van der Waals surface area contributed by atoms with Gasteiger partial charge < -0.3 is 20.8 Å². The number of likely N-dealkylation sites (N-methyl/N-ethyl adjacent to an activating group) is 1. The molecule has 0 aromatic rings. The second-order valence-electron chi connectivity index (χ2n) is 4.57. The van der Waals surface area contributed by atoms with Crippen LogP contribution in [0.2, 0.25) is 0 Å². The lowest BCUT2D eigenvalue weighted by molar-refractivity contribution is -0.167. The quantitative estimate of drug-likeness (QED) is 0.422. The number of hydrogen-bond acceptors (Lipinski definition) is 5. The Morgan fingerprint density at radius 2 is 1.83 bits per heavy atom. The average molecular weight is 260 g/mol. The zero-order chi connectivity index (χ0) is 14.6. The van der Waals surface area contributed by atoms with Gasteiger partial charge in [-0.05, 0) is 27.2 Å². The van der Waals surface area contributed by atoms with E-state index in [1.54, 1.807) is 13.8 Å². The van der Waals surface area contributed by atoms with Crippen LogP contribution in [-0.2, 0) is 9.59 Å². The van der Waals surface area contributed by atoms with E-state index in [4.69, 9.17) is 10.8 Å². The van der Waals surface area contributed by atoms with Crippen molar-refractivity contribution in [2.24, 2.45) is 11.1 Å². The highest BCUT2D eigenvalue weighted by molar-refractivity contribution is 6.06. The Labute approximate surface area is 108 Å². The second kappa shape index (κ2) is 6.26. The summed E-state index contributed by atoms with van der Waals surface area (Å²) in [5, 5.41) is 19.0. The smallest absolute Gasteiger partial charge is 0.240 e. The third kappa shape index (κ3) is 2.88. The molecule has 0 spiro atoms. The number of ketones is 1. The molecule has 0 rings (SSSR count). The molecule has 0 aliphatic rings. The number of carbonyl (C=O) groups is 2. The van der Waals surface area contributed by atoms with Gasteiger partial charge in [-0.25, -0.2) is 0 Å². The summed E-state index contributed by atoms with van der Waals surface area (Å²) >= 11 is 0. The fraction of sp³-hybridized carbons (Fsp3) is 0.833. The number of rotatable bonds is 7. The van der Waals surface area contributed by atoms with Crippen molar-refractivity contribution in [1.29, 1.82) is 0 Å². The molecular formula is C12H24N2O4. The van der Waals surface area contributed by atoms with Crippen LogP contribution in [0.15, 0.2) is 0 Å². The van der Waals surface area contributed by atoms with Gasteiger partial charge in [0.2, 0.25) is 5.91 Å². The van der Waals surface area contributed by atoms with Crippen molar-refractivity contribution < 1.29 is 19.8 Å². The first-order chi connectivity index (χ1) is 8.18. The molecule has 0 aromatic carbocycles. The molecule has 6 heteroatoms. The van der Waals surface area contributed by atoms with E-state index in [1.807, 2.05) is 0 Å². The number of nitrogens with two attached hydrogens (primary N) is 1. The Morgan fingerprint density at radius 3 is 2.06 bits per heavy atom. The van der Waals surface area contributed by atoms with E-state index in [0.29, 0.717) is 6.54 Å². The molecule has 2 unspecified atom stereocenters. The first-order valence-electron chi connectivity index (χ1n) is 6.11. The summed E-state index contributed by atoms with van der Waals surface area (Å²) in [5.41, 5.74) is 2.04. The largest absolute Gasteiger partial charge is 0.395 e. The fourth-order valence-corrected chi connectivity index (χ4v) is 2.28. The summed E-state index contributed by atoms with van der Waals surface area (Å²) in [6, 6.07) is 0. The molecule has 0 saturated heterocycles. The standard InChI is InChI=1S/C12H24N2O4/c1-5-12(9(3)16,11(4,13)18)10(17)14(6-2)7-8-15/h15,18H,5-8,13H2,1-4H3. The van der Waals surface area contributed by atoms with Gasteiger partial charge in [0.05, 0.1) is 6.61 Å². The highest BCUT2D eigenvalue weighted by Gasteiger charge is 2.55. The van der Waals surface area contributed by atoms with Crippen LogP contribution in [0.25, 0.3) is 0 Å². The van der Waals surface area contributed by atoms with E-state index < -0.39 is 22.8 Å². The first kappa shape index (κ1) is 17.0. The van der Waals surface area contributed by atoms with E-state index in [0.717, 1.165) is 0 Å². The molecule has 106 valence electrons. The van der Waals surface area contributed by atoms with Crippen molar-refractivity contribution in [2.45, 2.75) is 39.8 Å². The Hall–Kier alpha value is -0.980. The van der Waals surface area contributed by atoms with Crippen LogP contribution < -0.4 is 5.73 Å². The number of hydrogen-bond donors (Lipinski definition) is 3. The number of amides is 1. The van der Waals surface area contributed by atoms with E-state index in [-0.39, 0.29) is 19.6 Å². The van der Waals surface area contributed by atoms with Crippen LogP contribution in [0.3, 0.4) is 0 Å². The van der Waals surface area contributed by atoms with Gasteiger partial charge in [0.25, 0.3) is 0 Å². The molecular weight excluding hydrogens is 236 g/mol. The van der Waals surface area contributed by atoms with E-state index in [1.165, 1.54) is 18.7 Å². The number of nitrogens with zero attached hydrogens (tertiary/aromatic N) is 1. The predicted octanol–water partition coefficient (Wildman–Crippen LogP) is -0.520. The van der Waals surface area contributed by atoms with E-state index >= 15 is 0 Å². The van der Waals surface area contributed by atoms with Gasteiger partial charge in [0, 0.05) is 13.1 Å². The monoisotopic (exact) mass is 260 g/mol. The van der Waals surface area contributed by atoms with Gasteiger partial charge in [0.1, 0.15) is 16.9 Å². The Bertz CT molecular complexity index is 312. The fourth-order valence-electron chi connectivity index (χ4n) is 2.28. The van der Waals surface area contributed by atoms with Crippen LogP contribution in [0.5, 0.6) is 0 Å². The van der Waals surface area contributed by atoms with Gasteiger partial charge >= 0.3 is 0 Å². The number of aliphatic hydroxyl groups excluding tert-OH is 1. The van der Waals surface area contributed by atoms with Crippen LogP contribution in [0, 0.1) is 5.41 Å². The van der Waals surface area contributed by atoms with Crippen LogP contribution in [-0.4, -0.2) is 52.2 Å². The highest BCUT2D eigenvalue weighted by atomic mass is 16.3. The summed E-state index contributed by atoms with van der Waals surface area (Å²) in [4.78, 5) is 25.6. The minimum atomic E-state index is -1.94. The van der Waals surface area contributed by atoms with E-state index in [9.17, 15) is 14.7 Å². The number of aliphatic hydroxyl groups is 2. The maximum absolute atomic E-state index is 12.5. The first-order valence-corrected chi connectivity index (χ1v) is 6.11. The van der Waals surface area contributed by atoms with E-state index in [2.05, 4.69) is 0 Å².